The lowest BCUT2D eigenvalue weighted by molar-refractivity contribution is -0.126. The number of rotatable bonds is 4. The third kappa shape index (κ3) is 3.90. The molecule has 0 bridgehead atoms. The van der Waals surface area contributed by atoms with Crippen LogP contribution in [0.2, 0.25) is 0 Å². The molecule has 1 unspecified atom stereocenters. The van der Waals surface area contributed by atoms with Gasteiger partial charge in [0.25, 0.3) is 5.56 Å². The van der Waals surface area contributed by atoms with E-state index in [2.05, 4.69) is 20.6 Å². The van der Waals surface area contributed by atoms with Gasteiger partial charge in [-0.25, -0.2) is 9.37 Å². The Hall–Kier alpha value is -3.03. The zero-order valence-electron chi connectivity index (χ0n) is 13.6. The normalized spacial score (nSPS) is 16.1. The first-order chi connectivity index (χ1) is 11.9. The van der Waals surface area contributed by atoms with E-state index >= 15 is 0 Å². The predicted octanol–water partition coefficient (Wildman–Crippen LogP) is 1.00. The van der Waals surface area contributed by atoms with Crippen LogP contribution in [0.1, 0.15) is 29.4 Å². The van der Waals surface area contributed by atoms with E-state index in [9.17, 15) is 18.8 Å². The Bertz CT molecular complexity index is 894. The number of fused-ring (bicyclic) bond motifs is 1. The van der Waals surface area contributed by atoms with Crippen molar-refractivity contribution < 1.29 is 14.0 Å². The lowest BCUT2D eigenvalue weighted by Crippen LogP contribution is -2.36. The number of benzene rings is 1. The van der Waals surface area contributed by atoms with Crippen molar-refractivity contribution in [2.75, 3.05) is 11.9 Å². The van der Waals surface area contributed by atoms with Gasteiger partial charge in [0.05, 0.1) is 5.92 Å². The fraction of sp³-hybridized carbons (Fsp3) is 0.294. The molecular formula is C17H17FN4O3. The molecule has 7 nitrogen and oxygen atoms in total. The number of nitrogens with one attached hydrogen (secondary N) is 3. The van der Waals surface area contributed by atoms with Crippen LogP contribution in [0.4, 0.5) is 10.1 Å². The molecule has 25 heavy (non-hydrogen) atoms. The van der Waals surface area contributed by atoms with Crippen LogP contribution in [-0.4, -0.2) is 28.3 Å². The Morgan fingerprint density at radius 3 is 2.92 bits per heavy atom. The van der Waals surface area contributed by atoms with E-state index in [0.29, 0.717) is 29.2 Å². The van der Waals surface area contributed by atoms with Crippen LogP contribution in [0.25, 0.3) is 0 Å². The molecule has 2 heterocycles. The molecule has 0 saturated carbocycles. The second-order valence-electron chi connectivity index (χ2n) is 5.90. The summed E-state index contributed by atoms with van der Waals surface area (Å²) < 4.78 is 13.5. The van der Waals surface area contributed by atoms with E-state index in [-0.39, 0.29) is 30.3 Å². The van der Waals surface area contributed by atoms with Gasteiger partial charge in [-0.1, -0.05) is 0 Å². The maximum atomic E-state index is 13.5. The highest BCUT2D eigenvalue weighted by Gasteiger charge is 2.30. The van der Waals surface area contributed by atoms with Crippen LogP contribution in [0.3, 0.4) is 0 Å². The first-order valence-corrected chi connectivity index (χ1v) is 7.86. The maximum absolute atomic E-state index is 13.5. The van der Waals surface area contributed by atoms with Gasteiger partial charge in [-0.2, -0.15) is 0 Å². The van der Waals surface area contributed by atoms with E-state index in [4.69, 9.17) is 0 Å². The summed E-state index contributed by atoms with van der Waals surface area (Å²) in [5.74, 6) is -1.35. The van der Waals surface area contributed by atoms with Crippen molar-refractivity contribution in [3.63, 3.8) is 0 Å². The van der Waals surface area contributed by atoms with Gasteiger partial charge in [0.15, 0.2) is 0 Å². The Morgan fingerprint density at radius 2 is 2.16 bits per heavy atom. The van der Waals surface area contributed by atoms with Crippen LogP contribution >= 0.6 is 0 Å². The van der Waals surface area contributed by atoms with Gasteiger partial charge < -0.3 is 15.6 Å². The summed E-state index contributed by atoms with van der Waals surface area (Å²) in [5, 5.41) is 5.36. The second kappa shape index (κ2) is 6.84. The summed E-state index contributed by atoms with van der Waals surface area (Å²) in [5.41, 5.74) is 1.23. The molecule has 3 N–H and O–H groups in total. The molecule has 0 spiro atoms. The fourth-order valence-electron chi connectivity index (χ4n) is 2.87. The smallest absolute Gasteiger partial charge is 0.251 e. The highest BCUT2D eigenvalue weighted by Crippen LogP contribution is 2.32. The van der Waals surface area contributed by atoms with E-state index in [1.54, 1.807) is 6.92 Å². The Labute approximate surface area is 142 Å². The van der Waals surface area contributed by atoms with Gasteiger partial charge >= 0.3 is 0 Å². The number of hydrogen-bond donors (Lipinski definition) is 3. The number of anilines is 1. The average molecular weight is 344 g/mol. The molecule has 3 rings (SSSR count). The molecule has 1 aromatic heterocycles. The third-order valence-electron chi connectivity index (χ3n) is 3.96. The Morgan fingerprint density at radius 1 is 1.36 bits per heavy atom. The summed E-state index contributed by atoms with van der Waals surface area (Å²) in [7, 11) is 0. The van der Waals surface area contributed by atoms with Crippen LogP contribution in [0.15, 0.2) is 29.1 Å². The standard InChI is InChI=1S/C17H17FN4O3/c1-9-20-11(7-15(23)21-9)4-5-19-17(25)13-8-16(24)22-14-3-2-10(18)6-12(13)14/h2-3,6-7,13H,4-5,8H2,1H3,(H,19,25)(H,22,24)(H,20,21,23). The van der Waals surface area contributed by atoms with E-state index in [1.807, 2.05) is 0 Å². The molecule has 0 aliphatic carbocycles. The van der Waals surface area contributed by atoms with Crippen LogP contribution in [0, 0.1) is 12.7 Å². The molecule has 8 heteroatoms. The Kier molecular flexibility index (Phi) is 4.60. The third-order valence-corrected chi connectivity index (χ3v) is 3.96. The summed E-state index contributed by atoms with van der Waals surface area (Å²) in [4.78, 5) is 42.3. The number of carbonyl (C=O) groups excluding carboxylic acids is 2. The molecule has 0 fully saturated rings. The number of aromatic amines is 1. The SMILES string of the molecule is Cc1nc(CCNC(=O)C2CC(=O)Nc3ccc(F)cc32)cc(=O)[nH]1. The number of aryl methyl sites for hydroxylation is 1. The van der Waals surface area contributed by atoms with Crippen molar-refractivity contribution >= 4 is 17.5 Å². The van der Waals surface area contributed by atoms with Crippen molar-refractivity contribution in [2.45, 2.75) is 25.7 Å². The molecule has 1 aliphatic heterocycles. The molecule has 0 saturated heterocycles. The van der Waals surface area contributed by atoms with Crippen molar-refractivity contribution in [1.82, 2.24) is 15.3 Å². The van der Waals surface area contributed by atoms with Crippen molar-refractivity contribution in [2.24, 2.45) is 0 Å². The molecule has 1 aliphatic rings. The van der Waals surface area contributed by atoms with Crippen LogP contribution < -0.4 is 16.2 Å². The van der Waals surface area contributed by atoms with Gasteiger partial charge in [-0.05, 0) is 30.7 Å². The van der Waals surface area contributed by atoms with Crippen molar-refractivity contribution in [1.29, 1.82) is 0 Å². The minimum atomic E-state index is -0.742. The quantitative estimate of drug-likeness (QED) is 0.770. The molecule has 130 valence electrons. The molecule has 2 amide bonds. The lowest BCUT2D eigenvalue weighted by atomic mass is 9.89. The largest absolute Gasteiger partial charge is 0.355 e. The minimum Gasteiger partial charge on any atom is -0.355 e. The number of amides is 2. The highest BCUT2D eigenvalue weighted by atomic mass is 19.1. The molecular weight excluding hydrogens is 327 g/mol. The highest BCUT2D eigenvalue weighted by molar-refractivity contribution is 6.01. The number of hydrogen-bond acceptors (Lipinski definition) is 4. The monoisotopic (exact) mass is 344 g/mol. The molecule has 1 aromatic carbocycles. The van der Waals surface area contributed by atoms with Crippen molar-refractivity contribution in [3.05, 3.63) is 57.5 Å². The first-order valence-electron chi connectivity index (χ1n) is 7.86. The minimum absolute atomic E-state index is 0.0371. The second-order valence-corrected chi connectivity index (χ2v) is 5.90. The number of nitrogens with zero attached hydrogens (tertiary/aromatic N) is 1. The maximum Gasteiger partial charge on any atom is 0.251 e. The van der Waals surface area contributed by atoms with E-state index in [0.717, 1.165) is 0 Å². The van der Waals surface area contributed by atoms with Crippen molar-refractivity contribution in [3.8, 4) is 0 Å². The van der Waals surface area contributed by atoms with Gasteiger partial charge in [-0.15, -0.1) is 0 Å². The van der Waals surface area contributed by atoms with Crippen LogP contribution in [-0.2, 0) is 16.0 Å². The summed E-state index contributed by atoms with van der Waals surface area (Å²) in [6.07, 6.45) is 0.343. The predicted molar refractivity (Wildman–Crippen MR) is 88.7 cm³/mol. The van der Waals surface area contributed by atoms with Gasteiger partial charge in [0.2, 0.25) is 11.8 Å². The number of halogens is 1. The average Bonchev–Trinajstić information content (AvgIpc) is 2.53. The number of aromatic nitrogens is 2. The summed E-state index contributed by atoms with van der Waals surface area (Å²) in [6, 6.07) is 5.32. The fourth-order valence-corrected chi connectivity index (χ4v) is 2.87. The number of carbonyl (C=O) groups is 2. The first kappa shape index (κ1) is 16.8. The molecule has 1 atom stereocenters. The topological polar surface area (TPSA) is 104 Å². The zero-order valence-corrected chi connectivity index (χ0v) is 13.6. The van der Waals surface area contributed by atoms with Gasteiger partial charge in [-0.3, -0.25) is 14.4 Å². The summed E-state index contributed by atoms with van der Waals surface area (Å²) >= 11 is 0. The Balaban J connectivity index is 1.68. The molecule has 0 radical (unpaired) electrons. The molecule has 2 aromatic rings. The summed E-state index contributed by atoms with van der Waals surface area (Å²) in [6.45, 7) is 1.94. The lowest BCUT2D eigenvalue weighted by Gasteiger charge is -2.24. The van der Waals surface area contributed by atoms with Gasteiger partial charge in [0.1, 0.15) is 11.6 Å². The van der Waals surface area contributed by atoms with Crippen LogP contribution in [0.5, 0.6) is 0 Å². The van der Waals surface area contributed by atoms with E-state index in [1.165, 1.54) is 24.3 Å². The zero-order chi connectivity index (χ0) is 18.0. The van der Waals surface area contributed by atoms with Gasteiger partial charge in [0, 0.05) is 36.8 Å². The van der Waals surface area contributed by atoms with E-state index < -0.39 is 11.7 Å². The number of H-pyrrole nitrogens is 1.